The van der Waals surface area contributed by atoms with Crippen molar-refractivity contribution in [2.75, 3.05) is 7.11 Å². The largest absolute Gasteiger partial charge is 0.493 e. The van der Waals surface area contributed by atoms with Gasteiger partial charge in [-0.3, -0.25) is 14.9 Å². The van der Waals surface area contributed by atoms with Gasteiger partial charge in [0.2, 0.25) is 0 Å². The molecule has 3 rings (SSSR count). The Morgan fingerprint density at radius 3 is 2.55 bits per heavy atom. The van der Waals surface area contributed by atoms with Crippen LogP contribution >= 0.6 is 45.8 Å². The van der Waals surface area contributed by atoms with E-state index in [4.69, 9.17) is 32.7 Å². The minimum absolute atomic E-state index is 0.0139. The van der Waals surface area contributed by atoms with E-state index in [1.54, 1.807) is 30.3 Å². The molecule has 0 aliphatic heterocycles. The van der Waals surface area contributed by atoms with Crippen molar-refractivity contribution in [1.82, 2.24) is 5.43 Å². The summed E-state index contributed by atoms with van der Waals surface area (Å²) in [5.74, 6) is 0.514. The first-order valence-electron chi connectivity index (χ1n) is 9.30. The van der Waals surface area contributed by atoms with Crippen molar-refractivity contribution in [3.63, 3.8) is 0 Å². The molecule has 0 heterocycles. The molecular formula is C22H16Cl2IN3O5. The minimum Gasteiger partial charge on any atom is -0.493 e. The van der Waals surface area contributed by atoms with Gasteiger partial charge in [-0.1, -0.05) is 23.2 Å². The molecule has 0 saturated heterocycles. The molecule has 1 amide bonds. The Balaban J connectivity index is 1.69. The highest BCUT2D eigenvalue weighted by Crippen LogP contribution is 2.34. The molecule has 0 radical (unpaired) electrons. The van der Waals surface area contributed by atoms with E-state index in [2.05, 4.69) is 33.1 Å². The molecule has 0 fully saturated rings. The van der Waals surface area contributed by atoms with Crippen LogP contribution in [-0.4, -0.2) is 24.2 Å². The molecule has 0 atom stereocenters. The number of hydrazone groups is 1. The minimum atomic E-state index is -0.474. The number of methoxy groups -OCH3 is 1. The number of nitrogens with zero attached hydrogens (tertiary/aromatic N) is 2. The first kappa shape index (κ1) is 24.7. The van der Waals surface area contributed by atoms with Gasteiger partial charge >= 0.3 is 0 Å². The number of hydrogen-bond acceptors (Lipinski definition) is 6. The molecular weight excluding hydrogens is 584 g/mol. The standard InChI is InChI=1S/C22H16Cl2IN3O5/c1-32-20-9-14(11-26-27-22(29)17-7-4-15(23)10-18(17)24)8-19(25)21(20)33-12-13-2-5-16(6-3-13)28(30)31/h2-11H,12H2,1H3,(H,27,29)/b26-11+. The van der Waals surface area contributed by atoms with Crippen molar-refractivity contribution in [2.45, 2.75) is 6.61 Å². The fourth-order valence-electron chi connectivity index (χ4n) is 2.72. The number of nitro benzene ring substituents is 1. The Bertz CT molecular complexity index is 1220. The molecule has 0 aromatic heterocycles. The third-order valence-electron chi connectivity index (χ3n) is 4.34. The quantitative estimate of drug-likeness (QED) is 0.151. The summed E-state index contributed by atoms with van der Waals surface area (Å²) in [5.41, 5.74) is 4.12. The zero-order valence-corrected chi connectivity index (χ0v) is 20.7. The fraction of sp³-hybridized carbons (Fsp3) is 0.0909. The number of halogens is 3. The summed E-state index contributed by atoms with van der Waals surface area (Å²) in [7, 11) is 1.51. The van der Waals surface area contributed by atoms with Crippen molar-refractivity contribution >= 4 is 63.6 Å². The molecule has 0 aliphatic rings. The van der Waals surface area contributed by atoms with Gasteiger partial charge in [0.25, 0.3) is 11.6 Å². The lowest BCUT2D eigenvalue weighted by atomic mass is 10.2. The fourth-order valence-corrected chi connectivity index (χ4v) is 4.00. The van der Waals surface area contributed by atoms with Crippen molar-refractivity contribution in [3.05, 3.63) is 95.0 Å². The second-order valence-corrected chi connectivity index (χ2v) is 8.58. The number of ether oxygens (including phenoxy) is 2. The van der Waals surface area contributed by atoms with E-state index in [9.17, 15) is 14.9 Å². The van der Waals surface area contributed by atoms with Crippen molar-refractivity contribution in [1.29, 1.82) is 0 Å². The third-order valence-corrected chi connectivity index (χ3v) is 5.69. The van der Waals surface area contributed by atoms with Crippen LogP contribution in [0.4, 0.5) is 5.69 Å². The molecule has 0 aliphatic carbocycles. The molecule has 0 saturated carbocycles. The number of rotatable bonds is 8. The van der Waals surface area contributed by atoms with Gasteiger partial charge in [-0.25, -0.2) is 5.43 Å². The van der Waals surface area contributed by atoms with Gasteiger partial charge in [0, 0.05) is 17.2 Å². The van der Waals surface area contributed by atoms with E-state index in [1.165, 1.54) is 37.6 Å². The number of nitro groups is 1. The van der Waals surface area contributed by atoms with Crippen LogP contribution in [0.5, 0.6) is 11.5 Å². The van der Waals surface area contributed by atoms with Gasteiger partial charge in [0.05, 0.1) is 32.4 Å². The molecule has 0 spiro atoms. The van der Waals surface area contributed by atoms with Crippen LogP contribution in [0.3, 0.4) is 0 Å². The zero-order valence-electron chi connectivity index (χ0n) is 17.1. The summed E-state index contributed by atoms with van der Waals surface area (Å²) in [5, 5.41) is 15.4. The first-order chi connectivity index (χ1) is 15.8. The predicted octanol–water partition coefficient (Wildman–Crippen LogP) is 5.86. The van der Waals surface area contributed by atoms with Crippen LogP contribution in [0.1, 0.15) is 21.5 Å². The highest BCUT2D eigenvalue weighted by Gasteiger charge is 2.13. The summed E-state index contributed by atoms with van der Waals surface area (Å²) >= 11 is 14.0. The highest BCUT2D eigenvalue weighted by atomic mass is 127. The Labute approximate surface area is 212 Å². The average molecular weight is 600 g/mol. The number of hydrogen-bond donors (Lipinski definition) is 1. The number of benzene rings is 3. The summed E-state index contributed by atoms with van der Waals surface area (Å²) < 4.78 is 12.1. The van der Waals surface area contributed by atoms with Gasteiger partial charge in [0.1, 0.15) is 6.61 Å². The van der Waals surface area contributed by atoms with Gasteiger partial charge in [-0.2, -0.15) is 5.10 Å². The molecule has 11 heteroatoms. The highest BCUT2D eigenvalue weighted by molar-refractivity contribution is 14.1. The van der Waals surface area contributed by atoms with Crippen LogP contribution in [0.25, 0.3) is 0 Å². The lowest BCUT2D eigenvalue weighted by Gasteiger charge is -2.13. The smallest absolute Gasteiger partial charge is 0.272 e. The Hall–Kier alpha value is -2.89. The molecule has 8 nitrogen and oxygen atoms in total. The van der Waals surface area contributed by atoms with E-state index >= 15 is 0 Å². The average Bonchev–Trinajstić information content (AvgIpc) is 2.78. The maximum Gasteiger partial charge on any atom is 0.272 e. The number of amides is 1. The zero-order chi connectivity index (χ0) is 24.0. The molecule has 0 unspecified atom stereocenters. The first-order valence-corrected chi connectivity index (χ1v) is 11.1. The maximum atomic E-state index is 12.3. The van der Waals surface area contributed by atoms with Gasteiger partial charge in [-0.15, -0.1) is 0 Å². The predicted molar refractivity (Wildman–Crippen MR) is 135 cm³/mol. The molecule has 3 aromatic carbocycles. The van der Waals surface area contributed by atoms with E-state index in [-0.39, 0.29) is 22.9 Å². The van der Waals surface area contributed by atoms with Gasteiger partial charge in [0.15, 0.2) is 11.5 Å². The van der Waals surface area contributed by atoms with Crippen LogP contribution in [0, 0.1) is 13.7 Å². The van der Waals surface area contributed by atoms with Crippen LogP contribution in [0.15, 0.2) is 59.7 Å². The van der Waals surface area contributed by atoms with E-state index in [0.717, 1.165) is 9.13 Å². The number of carbonyl (C=O) groups is 1. The second-order valence-electron chi connectivity index (χ2n) is 6.57. The summed E-state index contributed by atoms with van der Waals surface area (Å²) in [6.07, 6.45) is 1.46. The van der Waals surface area contributed by atoms with Gasteiger partial charge in [-0.05, 0) is 76.2 Å². The van der Waals surface area contributed by atoms with E-state index < -0.39 is 10.8 Å². The molecule has 33 heavy (non-hydrogen) atoms. The lowest BCUT2D eigenvalue weighted by molar-refractivity contribution is -0.384. The normalized spacial score (nSPS) is 10.8. The third kappa shape index (κ3) is 6.56. The van der Waals surface area contributed by atoms with Crippen LogP contribution < -0.4 is 14.9 Å². The van der Waals surface area contributed by atoms with Crippen molar-refractivity contribution < 1.29 is 19.2 Å². The second kappa shape index (κ2) is 11.3. The van der Waals surface area contributed by atoms with E-state index in [0.29, 0.717) is 22.1 Å². The molecule has 170 valence electrons. The van der Waals surface area contributed by atoms with Crippen molar-refractivity contribution in [2.24, 2.45) is 5.10 Å². The number of nitrogens with one attached hydrogen (secondary N) is 1. The summed E-state index contributed by atoms with van der Waals surface area (Å²) in [4.78, 5) is 22.6. The monoisotopic (exact) mass is 599 g/mol. The SMILES string of the molecule is COc1cc(/C=N/NC(=O)c2ccc(Cl)cc2Cl)cc(I)c1OCc1ccc([N+](=O)[O-])cc1. The van der Waals surface area contributed by atoms with Crippen LogP contribution in [-0.2, 0) is 6.61 Å². The van der Waals surface area contributed by atoms with Crippen molar-refractivity contribution in [3.8, 4) is 11.5 Å². The molecule has 1 N–H and O–H groups in total. The lowest BCUT2D eigenvalue weighted by Crippen LogP contribution is -2.18. The number of carbonyl (C=O) groups excluding carboxylic acids is 1. The Kier molecular flexibility index (Phi) is 8.48. The summed E-state index contributed by atoms with van der Waals surface area (Å²) in [6.45, 7) is 0.204. The Morgan fingerprint density at radius 2 is 1.91 bits per heavy atom. The van der Waals surface area contributed by atoms with Crippen LogP contribution in [0.2, 0.25) is 10.0 Å². The topological polar surface area (TPSA) is 103 Å². The number of non-ortho nitro benzene ring substituents is 1. The maximum absolute atomic E-state index is 12.3. The van der Waals surface area contributed by atoms with Gasteiger partial charge < -0.3 is 9.47 Å². The summed E-state index contributed by atoms with van der Waals surface area (Å²) in [6, 6.07) is 14.2. The molecule has 0 bridgehead atoms. The molecule has 3 aromatic rings. The Morgan fingerprint density at radius 1 is 1.18 bits per heavy atom. The van der Waals surface area contributed by atoms with E-state index in [1.807, 2.05) is 0 Å².